The Bertz CT molecular complexity index is 639. The molecule has 0 saturated carbocycles. The van der Waals surface area contributed by atoms with Crippen molar-refractivity contribution in [2.24, 2.45) is 0 Å². The summed E-state index contributed by atoms with van der Waals surface area (Å²) in [7, 11) is 0. The number of rotatable bonds is 2. The number of hydrogen-bond donors (Lipinski definition) is 2. The first kappa shape index (κ1) is 11.0. The molecule has 1 aromatic carbocycles. The lowest BCUT2D eigenvalue weighted by molar-refractivity contribution is 0.0691. The molecule has 86 valence electrons. The van der Waals surface area contributed by atoms with Crippen LogP contribution in [0.2, 0.25) is 0 Å². The first-order chi connectivity index (χ1) is 7.99. The van der Waals surface area contributed by atoms with Crippen LogP contribution in [0.25, 0.3) is 10.9 Å². The van der Waals surface area contributed by atoms with Gasteiger partial charge < -0.3 is 10.2 Å². The molecule has 17 heavy (non-hydrogen) atoms. The van der Waals surface area contributed by atoms with E-state index in [1.807, 2.05) is 0 Å². The van der Waals surface area contributed by atoms with Gasteiger partial charge in [0.05, 0.1) is 11.1 Å². The molecule has 6 heteroatoms. The molecule has 0 radical (unpaired) electrons. The highest BCUT2D eigenvalue weighted by atomic mass is 19.1. The zero-order chi connectivity index (χ0) is 12.6. The van der Waals surface area contributed by atoms with Crippen molar-refractivity contribution in [3.05, 3.63) is 41.3 Å². The monoisotopic (exact) mass is 235 g/mol. The lowest BCUT2D eigenvalue weighted by Crippen LogP contribution is -2.06. The van der Waals surface area contributed by atoms with E-state index in [9.17, 15) is 14.0 Å². The van der Waals surface area contributed by atoms with E-state index in [0.29, 0.717) is 0 Å². The van der Waals surface area contributed by atoms with Gasteiger partial charge in [-0.25, -0.2) is 19.0 Å². The highest BCUT2D eigenvalue weighted by Crippen LogP contribution is 2.19. The molecule has 0 spiro atoms. The average molecular weight is 235 g/mol. The lowest BCUT2D eigenvalue weighted by Gasteiger charge is -2.04. The Kier molecular flexibility index (Phi) is 2.47. The smallest absolute Gasteiger partial charge is 0.354 e. The number of pyridine rings is 1. The molecule has 2 N–H and O–H groups in total. The number of carboxylic acid groups (broad SMARTS) is 2. The quantitative estimate of drug-likeness (QED) is 0.828. The molecule has 0 aliphatic carbocycles. The van der Waals surface area contributed by atoms with Crippen molar-refractivity contribution in [1.82, 2.24) is 4.98 Å². The molecule has 0 saturated heterocycles. The molecule has 0 atom stereocenters. The van der Waals surface area contributed by atoms with Crippen molar-refractivity contribution in [1.29, 1.82) is 0 Å². The second kappa shape index (κ2) is 3.82. The number of hydrogen-bond acceptors (Lipinski definition) is 3. The van der Waals surface area contributed by atoms with Gasteiger partial charge in [-0.05, 0) is 18.2 Å². The summed E-state index contributed by atoms with van der Waals surface area (Å²) in [5.41, 5.74) is -0.643. The summed E-state index contributed by atoms with van der Waals surface area (Å²) in [6.45, 7) is 0. The van der Waals surface area contributed by atoms with E-state index >= 15 is 0 Å². The van der Waals surface area contributed by atoms with Crippen LogP contribution in [0.5, 0.6) is 0 Å². The van der Waals surface area contributed by atoms with E-state index < -0.39 is 23.4 Å². The third kappa shape index (κ3) is 1.92. The summed E-state index contributed by atoms with van der Waals surface area (Å²) in [5, 5.41) is 17.9. The zero-order valence-electron chi connectivity index (χ0n) is 8.35. The number of carboxylic acids is 2. The van der Waals surface area contributed by atoms with E-state index in [4.69, 9.17) is 10.2 Å². The fourth-order valence-electron chi connectivity index (χ4n) is 1.49. The van der Waals surface area contributed by atoms with Crippen molar-refractivity contribution >= 4 is 22.8 Å². The van der Waals surface area contributed by atoms with Crippen molar-refractivity contribution < 1.29 is 24.2 Å². The molecular weight excluding hydrogens is 229 g/mol. The van der Waals surface area contributed by atoms with Crippen LogP contribution in [0.3, 0.4) is 0 Å². The SMILES string of the molecule is O=C(O)c1cc(C(=O)O)c2ccc(F)cc2n1. The summed E-state index contributed by atoms with van der Waals surface area (Å²) >= 11 is 0. The summed E-state index contributed by atoms with van der Waals surface area (Å²) in [5.74, 6) is -3.26. The largest absolute Gasteiger partial charge is 0.478 e. The lowest BCUT2D eigenvalue weighted by atomic mass is 10.1. The van der Waals surface area contributed by atoms with Crippen LogP contribution in [-0.2, 0) is 0 Å². The highest BCUT2D eigenvalue weighted by molar-refractivity contribution is 6.04. The molecule has 0 aliphatic heterocycles. The summed E-state index contributed by atoms with van der Waals surface area (Å²) < 4.78 is 13.0. The third-order valence-electron chi connectivity index (χ3n) is 2.22. The van der Waals surface area contributed by atoms with Gasteiger partial charge >= 0.3 is 11.9 Å². The Balaban J connectivity index is 2.85. The summed E-state index contributed by atoms with van der Waals surface area (Å²) in [6, 6.07) is 4.29. The highest BCUT2D eigenvalue weighted by Gasteiger charge is 2.15. The van der Waals surface area contributed by atoms with Gasteiger partial charge in [0.25, 0.3) is 0 Å². The third-order valence-corrected chi connectivity index (χ3v) is 2.22. The topological polar surface area (TPSA) is 87.5 Å². The Hall–Kier alpha value is -2.50. The van der Waals surface area contributed by atoms with Crippen LogP contribution in [0.15, 0.2) is 24.3 Å². The predicted octanol–water partition coefficient (Wildman–Crippen LogP) is 1.77. The first-order valence-electron chi connectivity index (χ1n) is 4.56. The van der Waals surface area contributed by atoms with E-state index in [-0.39, 0.29) is 16.5 Å². The maximum absolute atomic E-state index is 13.0. The second-order valence-corrected chi connectivity index (χ2v) is 3.33. The standard InChI is InChI=1S/C11H6FNO4/c12-5-1-2-6-7(10(14)15)4-9(11(16)17)13-8(6)3-5/h1-4H,(H,14,15)(H,16,17). The maximum atomic E-state index is 13.0. The van der Waals surface area contributed by atoms with Gasteiger partial charge in [-0.15, -0.1) is 0 Å². The average Bonchev–Trinajstić information content (AvgIpc) is 2.26. The van der Waals surface area contributed by atoms with Crippen molar-refractivity contribution in [2.75, 3.05) is 0 Å². The van der Waals surface area contributed by atoms with Gasteiger partial charge in [0, 0.05) is 11.5 Å². The molecule has 0 amide bonds. The van der Waals surface area contributed by atoms with Crippen LogP contribution in [0.1, 0.15) is 20.8 Å². The fraction of sp³-hybridized carbons (Fsp3) is 0. The minimum atomic E-state index is -1.36. The van der Waals surface area contributed by atoms with Gasteiger partial charge in [0.2, 0.25) is 0 Å². The van der Waals surface area contributed by atoms with Crippen molar-refractivity contribution in [3.63, 3.8) is 0 Å². The van der Waals surface area contributed by atoms with E-state index in [1.54, 1.807) is 0 Å². The summed E-state index contributed by atoms with van der Waals surface area (Å²) in [4.78, 5) is 25.4. The van der Waals surface area contributed by atoms with Crippen LogP contribution in [0.4, 0.5) is 4.39 Å². The minimum absolute atomic E-state index is 0.00213. The Morgan fingerprint density at radius 1 is 1.12 bits per heavy atom. The number of carbonyl (C=O) groups is 2. The molecule has 5 nitrogen and oxygen atoms in total. The Morgan fingerprint density at radius 3 is 2.41 bits per heavy atom. The van der Waals surface area contributed by atoms with Crippen molar-refractivity contribution in [2.45, 2.75) is 0 Å². The zero-order valence-corrected chi connectivity index (χ0v) is 8.35. The second-order valence-electron chi connectivity index (χ2n) is 3.33. The van der Waals surface area contributed by atoms with Crippen molar-refractivity contribution in [3.8, 4) is 0 Å². The molecule has 0 unspecified atom stereocenters. The molecule has 2 rings (SSSR count). The number of halogens is 1. The van der Waals surface area contributed by atoms with E-state index in [1.165, 1.54) is 6.07 Å². The number of benzene rings is 1. The van der Waals surface area contributed by atoms with Crippen LogP contribution in [0, 0.1) is 5.82 Å². The molecule has 0 fully saturated rings. The van der Waals surface area contributed by atoms with Crippen LogP contribution in [-0.4, -0.2) is 27.1 Å². The van der Waals surface area contributed by atoms with Gasteiger partial charge in [0.1, 0.15) is 11.5 Å². The number of aromatic carboxylic acids is 2. The minimum Gasteiger partial charge on any atom is -0.478 e. The molecule has 1 aromatic heterocycles. The molecule has 1 heterocycles. The normalized spacial score (nSPS) is 10.4. The van der Waals surface area contributed by atoms with Gasteiger partial charge in [0.15, 0.2) is 0 Å². The van der Waals surface area contributed by atoms with Crippen LogP contribution < -0.4 is 0 Å². The van der Waals surface area contributed by atoms with E-state index in [0.717, 1.165) is 18.2 Å². The molecule has 0 aliphatic rings. The maximum Gasteiger partial charge on any atom is 0.354 e. The predicted molar refractivity (Wildman–Crippen MR) is 55.6 cm³/mol. The Morgan fingerprint density at radius 2 is 1.82 bits per heavy atom. The fourth-order valence-corrected chi connectivity index (χ4v) is 1.49. The number of nitrogens with zero attached hydrogens (tertiary/aromatic N) is 1. The van der Waals surface area contributed by atoms with Gasteiger partial charge in [-0.1, -0.05) is 0 Å². The Labute approximate surface area is 94.1 Å². The first-order valence-corrected chi connectivity index (χ1v) is 4.56. The van der Waals surface area contributed by atoms with E-state index in [2.05, 4.69) is 4.98 Å². The molecular formula is C11H6FNO4. The molecule has 2 aromatic rings. The number of fused-ring (bicyclic) bond motifs is 1. The van der Waals surface area contributed by atoms with Gasteiger partial charge in [-0.2, -0.15) is 0 Å². The summed E-state index contributed by atoms with van der Waals surface area (Å²) in [6.07, 6.45) is 0. The number of aromatic nitrogens is 1. The van der Waals surface area contributed by atoms with Crippen LogP contribution >= 0.6 is 0 Å². The van der Waals surface area contributed by atoms with Gasteiger partial charge in [-0.3, -0.25) is 0 Å². The molecule has 0 bridgehead atoms.